The molecule has 0 bridgehead atoms. The molecule has 0 N–H and O–H groups in total. The van der Waals surface area contributed by atoms with Gasteiger partial charge in [0, 0.05) is 15.5 Å². The van der Waals surface area contributed by atoms with E-state index in [1.807, 2.05) is 0 Å². The highest BCUT2D eigenvalue weighted by Crippen LogP contribution is 2.39. The van der Waals surface area contributed by atoms with Crippen LogP contribution in [0, 0.1) is 0 Å². The molecule has 0 nitrogen and oxygen atoms in total. The van der Waals surface area contributed by atoms with E-state index in [1.54, 1.807) is 0 Å². The second-order valence-electron chi connectivity index (χ2n) is 7.41. The van der Waals surface area contributed by atoms with Crippen molar-refractivity contribution in [2.45, 2.75) is 58.8 Å². The molecule has 0 amide bonds. The van der Waals surface area contributed by atoms with Gasteiger partial charge in [-0.25, -0.2) is 0 Å². The van der Waals surface area contributed by atoms with Crippen molar-refractivity contribution in [3.8, 4) is 0 Å². The standard InChI is InChI=1S/C21H26Cl2/c1-13(2)15-7-9-16(10-8-15)21(5,6)17-11-18(22)20(14(3)4)19(23)12-17/h7-14H,1-6H3. The first-order valence-corrected chi connectivity index (χ1v) is 9.00. The molecule has 0 saturated heterocycles. The quantitative estimate of drug-likeness (QED) is 0.534. The molecule has 2 aromatic carbocycles. The maximum atomic E-state index is 6.51. The number of benzene rings is 2. The Morgan fingerprint density at radius 1 is 0.739 bits per heavy atom. The van der Waals surface area contributed by atoms with Gasteiger partial charge in [-0.1, -0.05) is 89.0 Å². The summed E-state index contributed by atoms with van der Waals surface area (Å²) in [5.74, 6) is 0.860. The minimum atomic E-state index is -0.141. The molecule has 0 spiro atoms. The summed E-state index contributed by atoms with van der Waals surface area (Å²) >= 11 is 13.0. The van der Waals surface area contributed by atoms with Crippen molar-refractivity contribution >= 4 is 23.2 Å². The number of rotatable bonds is 4. The Labute approximate surface area is 150 Å². The van der Waals surface area contributed by atoms with E-state index in [0.717, 1.165) is 21.2 Å². The maximum absolute atomic E-state index is 6.51. The average molecular weight is 349 g/mol. The van der Waals surface area contributed by atoms with Crippen LogP contribution in [0.25, 0.3) is 0 Å². The lowest BCUT2D eigenvalue weighted by Crippen LogP contribution is -2.19. The molecule has 0 fully saturated rings. The van der Waals surface area contributed by atoms with Crippen LogP contribution >= 0.6 is 23.2 Å². The van der Waals surface area contributed by atoms with Crippen LogP contribution in [0.1, 0.15) is 75.6 Å². The van der Waals surface area contributed by atoms with Gasteiger partial charge in [0.05, 0.1) is 0 Å². The zero-order chi connectivity index (χ0) is 17.4. The van der Waals surface area contributed by atoms with Gasteiger partial charge in [-0.2, -0.15) is 0 Å². The van der Waals surface area contributed by atoms with E-state index in [0.29, 0.717) is 11.8 Å². The van der Waals surface area contributed by atoms with Crippen LogP contribution in [0.2, 0.25) is 10.0 Å². The van der Waals surface area contributed by atoms with Gasteiger partial charge in [0.15, 0.2) is 0 Å². The maximum Gasteiger partial charge on any atom is 0.0458 e. The average Bonchev–Trinajstić information content (AvgIpc) is 2.46. The van der Waals surface area contributed by atoms with Crippen molar-refractivity contribution in [2.24, 2.45) is 0 Å². The molecule has 0 aromatic heterocycles. The molecule has 0 aliphatic carbocycles. The van der Waals surface area contributed by atoms with Crippen LogP contribution in [0.3, 0.4) is 0 Å². The molecule has 0 saturated carbocycles. The Balaban J connectivity index is 2.47. The Kier molecular flexibility index (Phi) is 5.48. The molecule has 0 radical (unpaired) electrons. The van der Waals surface area contributed by atoms with E-state index in [4.69, 9.17) is 23.2 Å². The predicted molar refractivity (Wildman–Crippen MR) is 103 cm³/mol. The van der Waals surface area contributed by atoms with Crippen molar-refractivity contribution in [1.29, 1.82) is 0 Å². The van der Waals surface area contributed by atoms with Crippen LogP contribution in [0.4, 0.5) is 0 Å². The Morgan fingerprint density at radius 3 is 1.61 bits per heavy atom. The van der Waals surface area contributed by atoms with Gasteiger partial charge in [0.1, 0.15) is 0 Å². The first-order valence-electron chi connectivity index (χ1n) is 8.24. The lowest BCUT2D eigenvalue weighted by atomic mass is 9.77. The first kappa shape index (κ1) is 18.4. The number of hydrogen-bond acceptors (Lipinski definition) is 0. The molecule has 124 valence electrons. The Morgan fingerprint density at radius 2 is 1.22 bits per heavy atom. The van der Waals surface area contributed by atoms with Crippen molar-refractivity contribution in [3.05, 3.63) is 68.7 Å². The molecular formula is C21H26Cl2. The molecule has 0 heterocycles. The van der Waals surface area contributed by atoms with E-state index in [9.17, 15) is 0 Å². The second kappa shape index (κ2) is 6.87. The predicted octanol–water partition coefficient (Wildman–Crippen LogP) is 7.57. The Bertz CT molecular complexity index is 656. The zero-order valence-electron chi connectivity index (χ0n) is 14.9. The van der Waals surface area contributed by atoms with Crippen LogP contribution < -0.4 is 0 Å². The van der Waals surface area contributed by atoms with Gasteiger partial charge in [-0.3, -0.25) is 0 Å². The smallest absolute Gasteiger partial charge is 0.0458 e. The summed E-state index contributed by atoms with van der Waals surface area (Å²) in [5.41, 5.74) is 4.66. The highest BCUT2D eigenvalue weighted by atomic mass is 35.5. The highest BCUT2D eigenvalue weighted by Gasteiger charge is 2.25. The summed E-state index contributed by atoms with van der Waals surface area (Å²) in [6, 6.07) is 13.0. The molecule has 2 aromatic rings. The highest BCUT2D eigenvalue weighted by molar-refractivity contribution is 6.36. The lowest BCUT2D eigenvalue weighted by Gasteiger charge is -2.28. The summed E-state index contributed by atoms with van der Waals surface area (Å²) in [6.07, 6.45) is 0. The topological polar surface area (TPSA) is 0 Å². The minimum absolute atomic E-state index is 0.141. The van der Waals surface area contributed by atoms with Crippen LogP contribution in [-0.4, -0.2) is 0 Å². The minimum Gasteiger partial charge on any atom is -0.0840 e. The molecule has 0 atom stereocenters. The van der Waals surface area contributed by atoms with E-state index in [-0.39, 0.29) is 5.41 Å². The fourth-order valence-corrected chi connectivity index (χ4v) is 3.87. The number of hydrogen-bond donors (Lipinski definition) is 0. The summed E-state index contributed by atoms with van der Waals surface area (Å²) in [6.45, 7) is 13.1. The van der Waals surface area contributed by atoms with Crippen LogP contribution in [-0.2, 0) is 5.41 Å². The van der Waals surface area contributed by atoms with Crippen molar-refractivity contribution in [3.63, 3.8) is 0 Å². The van der Waals surface area contributed by atoms with E-state index in [2.05, 4.69) is 77.9 Å². The zero-order valence-corrected chi connectivity index (χ0v) is 16.4. The lowest BCUT2D eigenvalue weighted by molar-refractivity contribution is 0.639. The van der Waals surface area contributed by atoms with Crippen molar-refractivity contribution < 1.29 is 0 Å². The van der Waals surface area contributed by atoms with Gasteiger partial charge < -0.3 is 0 Å². The van der Waals surface area contributed by atoms with Gasteiger partial charge in [-0.05, 0) is 46.2 Å². The van der Waals surface area contributed by atoms with E-state index in [1.165, 1.54) is 11.1 Å². The second-order valence-corrected chi connectivity index (χ2v) is 8.22. The van der Waals surface area contributed by atoms with Gasteiger partial charge in [-0.15, -0.1) is 0 Å². The van der Waals surface area contributed by atoms with Crippen LogP contribution in [0.5, 0.6) is 0 Å². The fraction of sp³-hybridized carbons (Fsp3) is 0.429. The van der Waals surface area contributed by atoms with Gasteiger partial charge in [0.2, 0.25) is 0 Å². The summed E-state index contributed by atoms with van der Waals surface area (Å²) < 4.78 is 0. The van der Waals surface area contributed by atoms with Crippen molar-refractivity contribution in [2.75, 3.05) is 0 Å². The number of halogens is 2. The molecule has 0 aliphatic heterocycles. The largest absolute Gasteiger partial charge is 0.0840 e. The summed E-state index contributed by atoms with van der Waals surface area (Å²) in [5, 5.41) is 1.52. The molecule has 0 unspecified atom stereocenters. The van der Waals surface area contributed by atoms with Crippen molar-refractivity contribution in [1.82, 2.24) is 0 Å². The summed E-state index contributed by atoms with van der Waals surface area (Å²) in [4.78, 5) is 0. The molecular weight excluding hydrogens is 323 g/mol. The van der Waals surface area contributed by atoms with Crippen LogP contribution in [0.15, 0.2) is 36.4 Å². The molecule has 2 rings (SSSR count). The third-order valence-corrected chi connectivity index (χ3v) is 5.30. The molecule has 2 heteroatoms. The SMILES string of the molecule is CC(C)c1ccc(C(C)(C)c2cc(Cl)c(C(C)C)c(Cl)c2)cc1. The van der Waals surface area contributed by atoms with E-state index < -0.39 is 0 Å². The fourth-order valence-electron chi connectivity index (χ4n) is 2.95. The normalized spacial score (nSPS) is 12.3. The van der Waals surface area contributed by atoms with Gasteiger partial charge >= 0.3 is 0 Å². The first-order chi connectivity index (χ1) is 10.6. The third-order valence-electron chi connectivity index (χ3n) is 4.68. The Hall–Kier alpha value is -0.980. The monoisotopic (exact) mass is 348 g/mol. The van der Waals surface area contributed by atoms with Gasteiger partial charge in [0.25, 0.3) is 0 Å². The van der Waals surface area contributed by atoms with E-state index >= 15 is 0 Å². The third kappa shape index (κ3) is 3.75. The molecule has 0 aliphatic rings. The summed E-state index contributed by atoms with van der Waals surface area (Å²) in [7, 11) is 0. The molecule has 23 heavy (non-hydrogen) atoms.